The second-order valence-corrected chi connectivity index (χ2v) is 9.56. The van der Waals surface area contributed by atoms with E-state index < -0.39 is 36.4 Å². The highest BCUT2D eigenvalue weighted by atomic mass is 35.7. The Labute approximate surface area is 125 Å². The molecular weight excluding hydrogens is 346 g/mol. The summed E-state index contributed by atoms with van der Waals surface area (Å²) in [4.78, 5) is 4.46. The molecule has 1 unspecified atom stereocenters. The van der Waals surface area contributed by atoms with Crippen molar-refractivity contribution in [3.05, 3.63) is 24.3 Å². The zero-order valence-corrected chi connectivity index (χ0v) is 12.9. The van der Waals surface area contributed by atoms with E-state index in [1.165, 1.54) is 5.55 Å². The lowest BCUT2D eigenvalue weighted by Gasteiger charge is -2.28. The van der Waals surface area contributed by atoms with Crippen LogP contribution in [0.5, 0.6) is 0 Å². The summed E-state index contributed by atoms with van der Waals surface area (Å²) in [7, 11) is -11.6. The van der Waals surface area contributed by atoms with E-state index in [0.29, 0.717) is 10.6 Å². The van der Waals surface area contributed by atoms with Gasteiger partial charge in [-0.3, -0.25) is 4.55 Å². The average molecular weight is 358 g/mol. The first kappa shape index (κ1) is 16.6. The summed E-state index contributed by atoms with van der Waals surface area (Å²) >= 11 is 0. The molecular formula is C10H12ClNO7S2. The second-order valence-electron chi connectivity index (χ2n) is 4.21. The fourth-order valence-corrected chi connectivity index (χ4v) is 6.42. The number of hydrogen-bond acceptors (Lipinski definition) is 7. The molecule has 1 heterocycles. The lowest BCUT2D eigenvalue weighted by Crippen LogP contribution is -2.61. The number of halogens is 1. The van der Waals surface area contributed by atoms with E-state index in [9.17, 15) is 22.4 Å². The molecule has 21 heavy (non-hydrogen) atoms. The van der Waals surface area contributed by atoms with Gasteiger partial charge in [-0.1, -0.05) is 12.1 Å². The molecule has 11 heteroatoms. The summed E-state index contributed by atoms with van der Waals surface area (Å²) in [6.07, 6.45) is -0.0699. The standard InChI is InChI=1S/C10H12ClNO7S2/c13-11(14,15)19-20(6-3-7-21(16,17)18)8-12-9-4-1-2-5-10(9)20/h1-2,4-5,8H,3,6-7H2,(H,16,17,18). The highest BCUT2D eigenvalue weighted by Gasteiger charge is 2.45. The third-order valence-electron chi connectivity index (χ3n) is 2.64. The number of aliphatic imine (C=N–C) groups is 1. The number of nitrogens with zero attached hydrogens (tertiary/aromatic N) is 1. The Bertz CT molecular complexity index is 658. The lowest BCUT2D eigenvalue weighted by atomic mass is 10.3. The van der Waals surface area contributed by atoms with Crippen LogP contribution in [0.15, 0.2) is 34.2 Å². The molecule has 1 N–H and O–H groups in total. The Hall–Kier alpha value is -0.720. The number of benzene rings is 1. The summed E-state index contributed by atoms with van der Waals surface area (Å²) in [5.74, 6) is -0.612. The van der Waals surface area contributed by atoms with Gasteiger partial charge in [-0.15, -0.1) is 0 Å². The Morgan fingerprint density at radius 2 is 1.95 bits per heavy atom. The molecule has 1 aliphatic heterocycles. The Kier molecular flexibility index (Phi) is 4.61. The molecule has 0 saturated heterocycles. The van der Waals surface area contributed by atoms with E-state index in [1.807, 2.05) is 0 Å². The lowest BCUT2D eigenvalue weighted by molar-refractivity contribution is -1.91. The molecule has 0 spiro atoms. The minimum atomic E-state index is -4.70. The fraction of sp³-hybridized carbons (Fsp3) is 0.300. The summed E-state index contributed by atoms with van der Waals surface area (Å²) < 4.78 is 67.7. The molecule has 0 saturated carbocycles. The highest BCUT2D eigenvalue weighted by Crippen LogP contribution is 2.63. The maximum absolute atomic E-state index is 10.9. The van der Waals surface area contributed by atoms with Gasteiger partial charge < -0.3 is 0 Å². The quantitative estimate of drug-likeness (QED) is 0.618. The van der Waals surface area contributed by atoms with Crippen molar-refractivity contribution < 1.29 is 40.9 Å². The number of rotatable bonds is 6. The molecule has 0 radical (unpaired) electrons. The van der Waals surface area contributed by atoms with Gasteiger partial charge in [0.1, 0.15) is 3.74 Å². The maximum Gasteiger partial charge on any atom is 0.264 e. The SMILES string of the molecule is O=S(=O)(O)CCCS1(O[Cl+3]([O-])([O-])[O-])C=Nc2ccccc21. The minimum Gasteiger partial charge on any atom is -0.286 e. The molecule has 118 valence electrons. The van der Waals surface area contributed by atoms with E-state index in [-0.39, 0.29) is 12.2 Å². The van der Waals surface area contributed by atoms with E-state index >= 15 is 0 Å². The van der Waals surface area contributed by atoms with Crippen molar-refractivity contribution in [3.8, 4) is 0 Å². The molecule has 0 fully saturated rings. The average Bonchev–Trinajstić information content (AvgIpc) is 2.65. The monoisotopic (exact) mass is 357 g/mol. The Morgan fingerprint density at radius 1 is 1.29 bits per heavy atom. The fourth-order valence-electron chi connectivity index (χ4n) is 1.89. The first-order valence-corrected chi connectivity index (χ1v) is 10.3. The van der Waals surface area contributed by atoms with Gasteiger partial charge in [-0.25, -0.2) is 4.99 Å². The van der Waals surface area contributed by atoms with E-state index in [1.54, 1.807) is 24.3 Å². The van der Waals surface area contributed by atoms with Gasteiger partial charge in [0, 0.05) is 5.75 Å². The van der Waals surface area contributed by atoms with Crippen LogP contribution >= 0.6 is 10.3 Å². The van der Waals surface area contributed by atoms with E-state index in [0.717, 1.165) is 0 Å². The largest absolute Gasteiger partial charge is 0.286 e. The maximum atomic E-state index is 10.9. The zero-order chi connectivity index (χ0) is 15.7. The third-order valence-corrected chi connectivity index (χ3v) is 7.39. The molecule has 1 aromatic carbocycles. The van der Waals surface area contributed by atoms with Gasteiger partial charge in [-0.05, 0) is 18.6 Å². The Balaban J connectivity index is 2.28. The van der Waals surface area contributed by atoms with Gasteiger partial charge >= 0.3 is 0 Å². The third kappa shape index (κ3) is 4.37. The van der Waals surface area contributed by atoms with Crippen molar-refractivity contribution in [3.63, 3.8) is 0 Å². The molecule has 2 rings (SSSR count). The first-order valence-electron chi connectivity index (χ1n) is 5.63. The molecule has 0 aliphatic carbocycles. The van der Waals surface area contributed by atoms with Crippen molar-refractivity contribution in [2.24, 2.45) is 4.99 Å². The van der Waals surface area contributed by atoms with Crippen LogP contribution in [0.1, 0.15) is 6.42 Å². The van der Waals surface area contributed by atoms with Crippen molar-refractivity contribution in [2.75, 3.05) is 11.5 Å². The zero-order valence-electron chi connectivity index (χ0n) is 10.5. The van der Waals surface area contributed by atoms with Crippen molar-refractivity contribution in [1.29, 1.82) is 0 Å². The first-order chi connectivity index (χ1) is 9.61. The van der Waals surface area contributed by atoms with Crippen LogP contribution in [0, 0.1) is 10.2 Å². The van der Waals surface area contributed by atoms with Crippen LogP contribution in [-0.2, 0) is 13.9 Å². The Morgan fingerprint density at radius 3 is 2.57 bits per heavy atom. The molecule has 0 bridgehead atoms. The van der Waals surface area contributed by atoms with Crippen LogP contribution in [0.2, 0.25) is 0 Å². The smallest absolute Gasteiger partial charge is 0.264 e. The number of fused-ring (bicyclic) bond motifs is 1. The molecule has 1 atom stereocenters. The van der Waals surface area contributed by atoms with Crippen LogP contribution < -0.4 is 14.0 Å². The van der Waals surface area contributed by atoms with Crippen molar-refractivity contribution in [2.45, 2.75) is 11.3 Å². The van der Waals surface area contributed by atoms with Crippen LogP contribution in [0.3, 0.4) is 0 Å². The van der Waals surface area contributed by atoms with Crippen LogP contribution in [0.4, 0.5) is 5.69 Å². The van der Waals surface area contributed by atoms with Crippen LogP contribution in [0.25, 0.3) is 0 Å². The topological polar surface area (TPSA) is 145 Å². The van der Waals surface area contributed by atoms with Gasteiger partial charge in [0.05, 0.1) is 42.4 Å². The van der Waals surface area contributed by atoms with Crippen LogP contribution in [-0.4, -0.2) is 30.0 Å². The normalized spacial score (nSPS) is 24.6. The van der Waals surface area contributed by atoms with E-state index in [4.69, 9.17) is 4.55 Å². The van der Waals surface area contributed by atoms with Gasteiger partial charge in [0.25, 0.3) is 10.1 Å². The summed E-state index contributed by atoms with van der Waals surface area (Å²) in [5.41, 5.74) is 1.71. The highest BCUT2D eigenvalue weighted by molar-refractivity contribution is 8.40. The predicted octanol–water partition coefficient (Wildman–Crippen LogP) is -1.37. The molecule has 1 aromatic rings. The number of para-hydroxylation sites is 1. The second kappa shape index (κ2) is 5.82. The molecule has 0 amide bonds. The van der Waals surface area contributed by atoms with Crippen molar-refractivity contribution >= 4 is 31.7 Å². The molecule has 8 nitrogen and oxygen atoms in total. The van der Waals surface area contributed by atoms with Crippen molar-refractivity contribution in [1.82, 2.24) is 0 Å². The summed E-state index contributed by atoms with van der Waals surface area (Å²) in [6, 6.07) is 6.52. The molecule has 1 aliphatic rings. The summed E-state index contributed by atoms with van der Waals surface area (Å²) in [5, 5.41) is 0. The summed E-state index contributed by atoms with van der Waals surface area (Å²) in [6.45, 7) is 0. The number of hydrogen-bond donors (Lipinski definition) is 1. The van der Waals surface area contributed by atoms with Gasteiger partial charge in [0.2, 0.25) is 0 Å². The van der Waals surface area contributed by atoms with Gasteiger partial charge in [0.15, 0.2) is 0 Å². The van der Waals surface area contributed by atoms with Gasteiger partial charge in [-0.2, -0.15) is 22.4 Å². The molecule has 0 aromatic heterocycles. The predicted molar refractivity (Wildman–Crippen MR) is 67.4 cm³/mol. The van der Waals surface area contributed by atoms with E-state index in [2.05, 4.69) is 8.73 Å². The minimum absolute atomic E-state index is 0.0538.